The van der Waals surface area contributed by atoms with E-state index in [0.717, 1.165) is 37.8 Å². The summed E-state index contributed by atoms with van der Waals surface area (Å²) < 4.78 is 0. The van der Waals surface area contributed by atoms with Crippen LogP contribution in [-0.2, 0) is 9.59 Å². The summed E-state index contributed by atoms with van der Waals surface area (Å²) in [4.78, 5) is 27.2. The van der Waals surface area contributed by atoms with E-state index in [0.29, 0.717) is 18.1 Å². The Labute approximate surface area is 166 Å². The molecule has 7 heteroatoms. The zero-order valence-electron chi connectivity index (χ0n) is 15.0. The first-order chi connectivity index (χ1) is 12.1. The van der Waals surface area contributed by atoms with Crippen molar-refractivity contribution in [1.82, 2.24) is 15.5 Å². The van der Waals surface area contributed by atoms with E-state index in [-0.39, 0.29) is 36.2 Å². The van der Waals surface area contributed by atoms with Gasteiger partial charge in [0.2, 0.25) is 11.8 Å². The fourth-order valence-corrected chi connectivity index (χ4v) is 4.08. The van der Waals surface area contributed by atoms with Crippen molar-refractivity contribution in [2.45, 2.75) is 44.7 Å². The molecule has 2 aliphatic rings. The van der Waals surface area contributed by atoms with Gasteiger partial charge in [-0.1, -0.05) is 42.6 Å². The van der Waals surface area contributed by atoms with Crippen molar-refractivity contribution in [2.75, 3.05) is 19.6 Å². The van der Waals surface area contributed by atoms with Crippen LogP contribution in [0.3, 0.4) is 0 Å². The maximum atomic E-state index is 13.0. The van der Waals surface area contributed by atoms with E-state index in [1.165, 1.54) is 0 Å². The molecule has 1 aliphatic heterocycles. The molecule has 1 saturated carbocycles. The molecule has 2 fully saturated rings. The summed E-state index contributed by atoms with van der Waals surface area (Å²) in [6.45, 7) is 3.80. The lowest BCUT2D eigenvalue weighted by Crippen LogP contribution is -2.55. The smallest absolute Gasteiger partial charge is 0.245 e. The largest absolute Gasteiger partial charge is 0.344 e. The van der Waals surface area contributed by atoms with Gasteiger partial charge in [-0.2, -0.15) is 0 Å². The number of carbonyl (C=O) groups excluding carboxylic acids is 2. The molecule has 2 unspecified atom stereocenters. The molecular formula is C19H27Cl2N3O2. The Balaban J connectivity index is 0.00000243. The normalized spacial score (nSPS) is 21.8. The Morgan fingerprint density at radius 1 is 1.27 bits per heavy atom. The van der Waals surface area contributed by atoms with Gasteiger partial charge in [0, 0.05) is 30.6 Å². The van der Waals surface area contributed by atoms with Gasteiger partial charge in [-0.3, -0.25) is 9.59 Å². The van der Waals surface area contributed by atoms with E-state index in [2.05, 4.69) is 10.6 Å². The third kappa shape index (κ3) is 4.70. The van der Waals surface area contributed by atoms with Gasteiger partial charge in [-0.05, 0) is 31.4 Å². The zero-order chi connectivity index (χ0) is 17.8. The van der Waals surface area contributed by atoms with Crippen molar-refractivity contribution >= 4 is 35.8 Å². The van der Waals surface area contributed by atoms with Crippen molar-refractivity contribution in [3.63, 3.8) is 0 Å². The monoisotopic (exact) mass is 399 g/mol. The van der Waals surface area contributed by atoms with Gasteiger partial charge in [0.15, 0.2) is 0 Å². The number of hydrogen-bond acceptors (Lipinski definition) is 3. The van der Waals surface area contributed by atoms with Crippen molar-refractivity contribution < 1.29 is 9.59 Å². The van der Waals surface area contributed by atoms with Gasteiger partial charge in [-0.15, -0.1) is 12.4 Å². The van der Waals surface area contributed by atoms with Gasteiger partial charge in [0.1, 0.15) is 6.04 Å². The summed E-state index contributed by atoms with van der Waals surface area (Å²) in [5.74, 6) is 0.0400. The van der Waals surface area contributed by atoms with Crippen LogP contribution in [0.2, 0.25) is 5.02 Å². The van der Waals surface area contributed by atoms with Gasteiger partial charge in [0.25, 0.3) is 0 Å². The topological polar surface area (TPSA) is 61.4 Å². The standard InChI is InChI=1S/C19H26ClN3O2.ClH/c1-13(22-18(24)14-6-2-3-7-14)19(25)23-11-10-21-12-17(23)15-8-4-5-9-16(15)20;/h4-5,8-9,13-14,17,21H,2-3,6-7,10-12H2,1H3,(H,22,24);1H. The summed E-state index contributed by atoms with van der Waals surface area (Å²) in [7, 11) is 0. The molecule has 0 spiro atoms. The Kier molecular flexibility index (Phi) is 7.74. The van der Waals surface area contributed by atoms with Crippen LogP contribution in [0, 0.1) is 5.92 Å². The second-order valence-electron chi connectivity index (χ2n) is 6.98. The minimum absolute atomic E-state index is 0. The molecule has 2 N–H and O–H groups in total. The van der Waals surface area contributed by atoms with Gasteiger partial charge in [0.05, 0.1) is 6.04 Å². The molecule has 0 bridgehead atoms. The maximum Gasteiger partial charge on any atom is 0.245 e. The third-order valence-corrected chi connectivity index (χ3v) is 5.59. The first kappa shape index (κ1) is 21.0. The third-order valence-electron chi connectivity index (χ3n) is 5.25. The van der Waals surface area contributed by atoms with Crippen LogP contribution in [0.1, 0.15) is 44.2 Å². The van der Waals surface area contributed by atoms with Gasteiger partial charge in [-0.25, -0.2) is 0 Å². The van der Waals surface area contributed by atoms with Crippen LogP contribution in [-0.4, -0.2) is 42.4 Å². The van der Waals surface area contributed by atoms with E-state index >= 15 is 0 Å². The second kappa shape index (κ2) is 9.58. The minimum Gasteiger partial charge on any atom is -0.344 e. The molecule has 1 aromatic rings. The number of halogens is 2. The number of benzene rings is 1. The predicted octanol–water partition coefficient (Wildman–Crippen LogP) is 2.93. The fraction of sp³-hybridized carbons (Fsp3) is 0.579. The summed E-state index contributed by atoms with van der Waals surface area (Å²) in [5.41, 5.74) is 0.944. The SMILES string of the molecule is CC(NC(=O)C1CCCC1)C(=O)N1CCNCC1c1ccccc1Cl.Cl. The average Bonchev–Trinajstić information content (AvgIpc) is 3.16. The molecule has 2 amide bonds. The van der Waals surface area contributed by atoms with E-state index in [1.807, 2.05) is 29.2 Å². The van der Waals surface area contributed by atoms with E-state index < -0.39 is 6.04 Å². The predicted molar refractivity (Wildman–Crippen MR) is 106 cm³/mol. The summed E-state index contributed by atoms with van der Waals surface area (Å²) in [5, 5.41) is 6.92. The molecule has 26 heavy (non-hydrogen) atoms. The molecule has 144 valence electrons. The molecule has 1 aromatic carbocycles. The lowest BCUT2D eigenvalue weighted by Gasteiger charge is -2.38. The number of hydrogen-bond donors (Lipinski definition) is 2. The lowest BCUT2D eigenvalue weighted by atomic mass is 10.0. The molecule has 1 aliphatic carbocycles. The Hall–Kier alpha value is -1.30. The van der Waals surface area contributed by atoms with Crippen molar-refractivity contribution in [3.8, 4) is 0 Å². The number of amides is 2. The van der Waals surface area contributed by atoms with Crippen LogP contribution in [0.4, 0.5) is 0 Å². The first-order valence-corrected chi connectivity index (χ1v) is 9.51. The lowest BCUT2D eigenvalue weighted by molar-refractivity contribution is -0.139. The number of nitrogens with zero attached hydrogens (tertiary/aromatic N) is 1. The van der Waals surface area contributed by atoms with E-state index in [4.69, 9.17) is 11.6 Å². The molecule has 0 aromatic heterocycles. The fourth-order valence-electron chi connectivity index (χ4n) is 3.82. The highest BCUT2D eigenvalue weighted by atomic mass is 35.5. The van der Waals surface area contributed by atoms with Crippen molar-refractivity contribution in [1.29, 1.82) is 0 Å². The van der Waals surface area contributed by atoms with E-state index in [1.54, 1.807) is 6.92 Å². The van der Waals surface area contributed by atoms with Crippen LogP contribution in [0.5, 0.6) is 0 Å². The van der Waals surface area contributed by atoms with Crippen LogP contribution in [0.15, 0.2) is 24.3 Å². The Morgan fingerprint density at radius 3 is 2.65 bits per heavy atom. The average molecular weight is 400 g/mol. The van der Waals surface area contributed by atoms with Crippen LogP contribution >= 0.6 is 24.0 Å². The number of nitrogens with one attached hydrogen (secondary N) is 2. The highest BCUT2D eigenvalue weighted by Gasteiger charge is 2.33. The summed E-state index contributed by atoms with van der Waals surface area (Å²) >= 11 is 6.34. The number of rotatable bonds is 4. The highest BCUT2D eigenvalue weighted by molar-refractivity contribution is 6.31. The number of piperazine rings is 1. The molecule has 0 radical (unpaired) electrons. The van der Waals surface area contributed by atoms with Crippen LogP contribution < -0.4 is 10.6 Å². The second-order valence-corrected chi connectivity index (χ2v) is 7.39. The van der Waals surface area contributed by atoms with Crippen molar-refractivity contribution in [2.24, 2.45) is 5.92 Å². The molecule has 3 rings (SSSR count). The summed E-state index contributed by atoms with van der Waals surface area (Å²) in [6.07, 6.45) is 4.07. The summed E-state index contributed by atoms with van der Waals surface area (Å²) in [6, 6.07) is 7.00. The molecule has 1 saturated heterocycles. The van der Waals surface area contributed by atoms with E-state index in [9.17, 15) is 9.59 Å². The first-order valence-electron chi connectivity index (χ1n) is 9.14. The Morgan fingerprint density at radius 2 is 1.96 bits per heavy atom. The zero-order valence-corrected chi connectivity index (χ0v) is 16.6. The van der Waals surface area contributed by atoms with Gasteiger partial charge < -0.3 is 15.5 Å². The van der Waals surface area contributed by atoms with Crippen molar-refractivity contribution in [3.05, 3.63) is 34.9 Å². The highest BCUT2D eigenvalue weighted by Crippen LogP contribution is 2.29. The van der Waals surface area contributed by atoms with Gasteiger partial charge >= 0.3 is 0 Å². The quantitative estimate of drug-likeness (QED) is 0.817. The molecular weight excluding hydrogens is 373 g/mol. The molecule has 2 atom stereocenters. The maximum absolute atomic E-state index is 13.0. The molecule has 1 heterocycles. The van der Waals surface area contributed by atoms with Crippen LogP contribution in [0.25, 0.3) is 0 Å². The minimum atomic E-state index is -0.517. The Bertz CT molecular complexity index is 635. The molecule has 5 nitrogen and oxygen atoms in total. The number of carbonyl (C=O) groups is 2.